The van der Waals surface area contributed by atoms with Crippen LogP contribution >= 0.6 is 0 Å². The monoisotopic (exact) mass is 893 g/mol. The Kier molecular flexibility index (Phi) is 41.9. The molecule has 0 aliphatic heterocycles. The highest BCUT2D eigenvalue weighted by molar-refractivity contribution is 5.69. The number of unbranched alkanes of at least 4 members (excludes halogenated alkanes) is 24. The van der Waals surface area contributed by atoms with Crippen molar-refractivity contribution in [3.63, 3.8) is 0 Å². The Morgan fingerprint density at radius 2 is 0.698 bits per heavy atom. The standard InChI is InChI=1S/C55H104O8/c1-6-10-14-18-22-26-30-44-60-53(61-45-31-27-23-19-15-11-7-2)36-34-51(56)58-48-42-55(40-38-50(5)39-41-55)43-49-59-52(57)35-37-54(62-46-32-28-24-20-16-12-8-3)63-47-33-29-25-21-17-13-9-4/h53-54H,5-49H2,1-4H3. The van der Waals surface area contributed by atoms with E-state index in [4.69, 9.17) is 28.4 Å². The zero-order valence-corrected chi connectivity index (χ0v) is 42.2. The fraction of sp³-hybridized carbons (Fsp3) is 0.927. The van der Waals surface area contributed by atoms with E-state index in [1.165, 1.54) is 160 Å². The summed E-state index contributed by atoms with van der Waals surface area (Å²) < 4.78 is 36.4. The number of rotatable bonds is 48. The van der Waals surface area contributed by atoms with Crippen molar-refractivity contribution in [3.8, 4) is 0 Å². The molecule has 1 fully saturated rings. The molecule has 1 aliphatic rings. The van der Waals surface area contributed by atoms with E-state index in [0.29, 0.717) is 52.5 Å². The summed E-state index contributed by atoms with van der Waals surface area (Å²) in [4.78, 5) is 26.1. The van der Waals surface area contributed by atoms with Gasteiger partial charge in [-0.05, 0) is 69.6 Å². The van der Waals surface area contributed by atoms with Crippen LogP contribution in [0.25, 0.3) is 0 Å². The maximum atomic E-state index is 13.0. The van der Waals surface area contributed by atoms with Crippen LogP contribution in [0.5, 0.6) is 0 Å². The third-order valence-electron chi connectivity index (χ3n) is 13.2. The van der Waals surface area contributed by atoms with E-state index in [1.54, 1.807) is 0 Å². The molecule has 0 bridgehead atoms. The summed E-state index contributed by atoms with van der Waals surface area (Å²) in [5, 5.41) is 0. The fourth-order valence-corrected chi connectivity index (χ4v) is 8.66. The summed E-state index contributed by atoms with van der Waals surface area (Å²) in [6, 6.07) is 0. The van der Waals surface area contributed by atoms with Gasteiger partial charge in [-0.3, -0.25) is 9.59 Å². The molecule has 0 spiro atoms. The van der Waals surface area contributed by atoms with Crippen molar-refractivity contribution < 1.29 is 38.0 Å². The van der Waals surface area contributed by atoms with E-state index < -0.39 is 0 Å². The number of esters is 2. The minimum Gasteiger partial charge on any atom is -0.466 e. The van der Waals surface area contributed by atoms with Gasteiger partial charge in [0.1, 0.15) is 0 Å². The zero-order chi connectivity index (χ0) is 45.7. The Balaban J connectivity index is 2.56. The highest BCUT2D eigenvalue weighted by Gasteiger charge is 2.33. The lowest BCUT2D eigenvalue weighted by molar-refractivity contribution is -0.160. The van der Waals surface area contributed by atoms with Crippen LogP contribution in [0.2, 0.25) is 0 Å². The molecule has 0 saturated heterocycles. The van der Waals surface area contributed by atoms with Crippen LogP contribution in [-0.4, -0.2) is 64.2 Å². The van der Waals surface area contributed by atoms with Gasteiger partial charge in [0.25, 0.3) is 0 Å². The topological polar surface area (TPSA) is 89.5 Å². The average Bonchev–Trinajstić information content (AvgIpc) is 3.28. The first-order valence-corrected chi connectivity index (χ1v) is 27.3. The molecule has 0 heterocycles. The van der Waals surface area contributed by atoms with Gasteiger partial charge in [-0.2, -0.15) is 0 Å². The lowest BCUT2D eigenvalue weighted by Crippen LogP contribution is -2.29. The number of carbonyl (C=O) groups excluding carboxylic acids is 2. The molecule has 1 rings (SSSR count). The Morgan fingerprint density at radius 3 is 0.984 bits per heavy atom. The first-order chi connectivity index (χ1) is 30.9. The molecule has 0 radical (unpaired) electrons. The number of carbonyl (C=O) groups is 2. The SMILES string of the molecule is C=C1CCC(CCOC(=O)CCC(OCCCCCCCCC)OCCCCCCCCC)(CCOC(=O)CCC(OCCCCCCCCC)OCCCCCCCCC)CC1. The molecule has 8 heteroatoms. The first-order valence-electron chi connectivity index (χ1n) is 27.3. The number of hydrogen-bond donors (Lipinski definition) is 0. The van der Waals surface area contributed by atoms with E-state index in [1.807, 2.05) is 0 Å². The highest BCUT2D eigenvalue weighted by Crippen LogP contribution is 2.44. The van der Waals surface area contributed by atoms with Crippen LogP contribution in [0.3, 0.4) is 0 Å². The van der Waals surface area contributed by atoms with Crippen LogP contribution in [0, 0.1) is 5.41 Å². The van der Waals surface area contributed by atoms with Crippen molar-refractivity contribution in [1.29, 1.82) is 0 Å². The molecule has 63 heavy (non-hydrogen) atoms. The van der Waals surface area contributed by atoms with Crippen LogP contribution in [0.4, 0.5) is 0 Å². The zero-order valence-electron chi connectivity index (χ0n) is 42.2. The van der Waals surface area contributed by atoms with E-state index in [0.717, 1.165) is 64.2 Å². The lowest BCUT2D eigenvalue weighted by atomic mass is 9.69. The summed E-state index contributed by atoms with van der Waals surface area (Å²) in [6.45, 7) is 16.7. The van der Waals surface area contributed by atoms with Gasteiger partial charge in [-0.25, -0.2) is 0 Å². The van der Waals surface area contributed by atoms with Gasteiger partial charge >= 0.3 is 11.9 Å². The Hall–Kier alpha value is -1.48. The number of ether oxygens (including phenoxy) is 6. The van der Waals surface area contributed by atoms with E-state index in [-0.39, 0.29) is 42.8 Å². The first kappa shape index (κ1) is 59.5. The molecule has 8 nitrogen and oxygen atoms in total. The summed E-state index contributed by atoms with van der Waals surface area (Å²) in [5.41, 5.74) is 1.24. The Bertz CT molecular complexity index is 914. The molecule has 0 amide bonds. The van der Waals surface area contributed by atoms with E-state index in [9.17, 15) is 9.59 Å². The smallest absolute Gasteiger partial charge is 0.305 e. The number of hydrogen-bond acceptors (Lipinski definition) is 8. The van der Waals surface area contributed by atoms with Gasteiger partial charge in [0.05, 0.1) is 26.1 Å². The highest BCUT2D eigenvalue weighted by atomic mass is 16.7. The van der Waals surface area contributed by atoms with Crippen molar-refractivity contribution in [2.45, 2.75) is 284 Å². The molecular weight excluding hydrogens is 789 g/mol. The summed E-state index contributed by atoms with van der Waals surface area (Å²) in [6.07, 6.45) is 40.9. The Morgan fingerprint density at radius 1 is 0.429 bits per heavy atom. The van der Waals surface area contributed by atoms with Crippen molar-refractivity contribution in [3.05, 3.63) is 12.2 Å². The summed E-state index contributed by atoms with van der Waals surface area (Å²) >= 11 is 0. The van der Waals surface area contributed by atoms with Gasteiger partial charge in [0.15, 0.2) is 12.6 Å². The quantitative estimate of drug-likeness (QED) is 0.0258. The fourth-order valence-electron chi connectivity index (χ4n) is 8.66. The molecule has 0 aromatic heterocycles. The second-order valence-corrected chi connectivity index (χ2v) is 19.1. The van der Waals surface area contributed by atoms with E-state index >= 15 is 0 Å². The van der Waals surface area contributed by atoms with Gasteiger partial charge in [0.2, 0.25) is 0 Å². The van der Waals surface area contributed by atoms with Crippen LogP contribution < -0.4 is 0 Å². The lowest BCUT2D eigenvalue weighted by Gasteiger charge is -2.38. The molecule has 1 aliphatic carbocycles. The van der Waals surface area contributed by atoms with Crippen molar-refractivity contribution >= 4 is 11.9 Å². The second-order valence-electron chi connectivity index (χ2n) is 19.1. The van der Waals surface area contributed by atoms with Gasteiger partial charge in [0, 0.05) is 39.3 Å². The van der Waals surface area contributed by atoms with Gasteiger partial charge in [-0.15, -0.1) is 0 Å². The second kappa shape index (κ2) is 44.4. The van der Waals surface area contributed by atoms with Crippen LogP contribution in [0.1, 0.15) is 272 Å². The van der Waals surface area contributed by atoms with Crippen molar-refractivity contribution in [1.82, 2.24) is 0 Å². The molecule has 1 saturated carbocycles. The maximum absolute atomic E-state index is 13.0. The summed E-state index contributed by atoms with van der Waals surface area (Å²) in [5.74, 6) is -0.391. The number of allylic oxidation sites excluding steroid dienone is 1. The Labute approximate surface area is 390 Å². The van der Waals surface area contributed by atoms with Gasteiger partial charge in [-0.1, -0.05) is 194 Å². The molecule has 0 N–H and O–H groups in total. The van der Waals surface area contributed by atoms with Crippen LogP contribution in [-0.2, 0) is 38.0 Å². The minimum absolute atomic E-state index is 0.0363. The van der Waals surface area contributed by atoms with Gasteiger partial charge < -0.3 is 28.4 Å². The third kappa shape index (κ3) is 37.3. The molecule has 0 aromatic rings. The van der Waals surface area contributed by atoms with E-state index in [2.05, 4.69) is 34.3 Å². The maximum Gasteiger partial charge on any atom is 0.305 e. The minimum atomic E-state index is -0.369. The predicted octanol–water partition coefficient (Wildman–Crippen LogP) is 16.3. The summed E-state index contributed by atoms with van der Waals surface area (Å²) in [7, 11) is 0. The largest absolute Gasteiger partial charge is 0.466 e. The third-order valence-corrected chi connectivity index (χ3v) is 13.2. The molecule has 0 unspecified atom stereocenters. The molecule has 372 valence electrons. The molecular formula is C55H104O8. The average molecular weight is 893 g/mol. The molecule has 0 aromatic carbocycles. The van der Waals surface area contributed by atoms with Crippen molar-refractivity contribution in [2.24, 2.45) is 5.41 Å². The van der Waals surface area contributed by atoms with Crippen LogP contribution in [0.15, 0.2) is 12.2 Å². The van der Waals surface area contributed by atoms with Crippen molar-refractivity contribution in [2.75, 3.05) is 39.6 Å². The molecule has 0 atom stereocenters. The normalized spacial score (nSPS) is 14.0. The predicted molar refractivity (Wildman–Crippen MR) is 263 cm³/mol.